The molecule has 1 aliphatic rings. The van der Waals surface area contributed by atoms with E-state index >= 15 is 0 Å². The number of anilines is 2. The van der Waals surface area contributed by atoms with E-state index in [-0.39, 0.29) is 35.6 Å². The van der Waals surface area contributed by atoms with Gasteiger partial charge >= 0.3 is 5.97 Å². The van der Waals surface area contributed by atoms with E-state index in [1.54, 1.807) is 55.8 Å². The van der Waals surface area contributed by atoms with Crippen molar-refractivity contribution in [1.82, 2.24) is 15.2 Å². The van der Waals surface area contributed by atoms with Crippen LogP contribution < -0.4 is 20.3 Å². The van der Waals surface area contributed by atoms with Crippen LogP contribution in [0.3, 0.4) is 0 Å². The van der Waals surface area contributed by atoms with Gasteiger partial charge < -0.3 is 30.3 Å². The molecule has 1 aliphatic heterocycles. The maximum absolute atomic E-state index is 13.4. The second-order valence-corrected chi connectivity index (χ2v) is 12.3. The van der Waals surface area contributed by atoms with Crippen LogP contribution in [0.5, 0.6) is 5.75 Å². The number of hydrogen-bond acceptors (Lipinski definition) is 7. The molecule has 1 aromatic heterocycles. The van der Waals surface area contributed by atoms with Gasteiger partial charge in [-0.25, -0.2) is 0 Å². The van der Waals surface area contributed by atoms with Crippen LogP contribution in [0.15, 0.2) is 67.0 Å². The summed E-state index contributed by atoms with van der Waals surface area (Å²) in [6.45, 7) is 8.33. The Morgan fingerprint density at radius 3 is 2.31 bits per heavy atom. The summed E-state index contributed by atoms with van der Waals surface area (Å²) in [5, 5.41) is 15.2. The summed E-state index contributed by atoms with van der Waals surface area (Å²) < 4.78 is 5.21. The van der Waals surface area contributed by atoms with E-state index in [2.05, 4.69) is 20.5 Å². The zero-order valence-electron chi connectivity index (χ0n) is 26.2. The third kappa shape index (κ3) is 9.53. The zero-order chi connectivity index (χ0) is 32.6. The predicted octanol–water partition coefficient (Wildman–Crippen LogP) is 4.30. The monoisotopic (exact) mass is 615 g/mol. The Hall–Kier alpha value is -4.93. The van der Waals surface area contributed by atoms with Crippen molar-refractivity contribution >= 4 is 35.1 Å². The number of nitrogens with zero attached hydrogens (tertiary/aromatic N) is 3. The summed E-state index contributed by atoms with van der Waals surface area (Å²) >= 11 is 0. The molecule has 0 aliphatic carbocycles. The molecule has 0 spiro atoms. The molecule has 2 heterocycles. The Morgan fingerprint density at radius 1 is 1.00 bits per heavy atom. The molecule has 0 saturated carbocycles. The Kier molecular flexibility index (Phi) is 10.8. The molecule has 11 heteroatoms. The average molecular weight is 616 g/mol. The summed E-state index contributed by atoms with van der Waals surface area (Å²) in [7, 11) is 1.58. The minimum absolute atomic E-state index is 0.105. The third-order valence-corrected chi connectivity index (χ3v) is 7.48. The molecular weight excluding hydrogens is 574 g/mol. The van der Waals surface area contributed by atoms with Gasteiger partial charge in [0.2, 0.25) is 11.8 Å². The van der Waals surface area contributed by atoms with E-state index in [0.717, 1.165) is 11.3 Å². The molecule has 45 heavy (non-hydrogen) atoms. The number of nitrogens with one attached hydrogen (secondary N) is 2. The molecule has 3 aromatic rings. The molecule has 1 fully saturated rings. The van der Waals surface area contributed by atoms with Crippen LogP contribution in [0.25, 0.3) is 0 Å². The van der Waals surface area contributed by atoms with E-state index in [0.29, 0.717) is 49.6 Å². The van der Waals surface area contributed by atoms with Gasteiger partial charge in [-0.1, -0.05) is 39.0 Å². The van der Waals surface area contributed by atoms with Gasteiger partial charge in [-0.15, -0.1) is 0 Å². The number of carbonyl (C=O) groups excluding carboxylic acids is 3. The number of piperazine rings is 1. The first kappa shape index (κ1) is 33.0. The lowest BCUT2D eigenvalue weighted by Crippen LogP contribution is -2.49. The fourth-order valence-electron chi connectivity index (χ4n) is 5.19. The molecule has 2 aromatic carbocycles. The first-order chi connectivity index (χ1) is 21.4. The number of carbonyl (C=O) groups is 4. The highest BCUT2D eigenvalue weighted by Crippen LogP contribution is 2.30. The van der Waals surface area contributed by atoms with Crippen LogP contribution in [-0.2, 0) is 20.8 Å². The second-order valence-electron chi connectivity index (χ2n) is 12.3. The minimum atomic E-state index is -1.06. The van der Waals surface area contributed by atoms with Crippen molar-refractivity contribution in [1.29, 1.82) is 0 Å². The van der Waals surface area contributed by atoms with Crippen LogP contribution in [0.4, 0.5) is 11.4 Å². The van der Waals surface area contributed by atoms with Gasteiger partial charge in [0.05, 0.1) is 37.4 Å². The highest BCUT2D eigenvalue weighted by molar-refractivity contribution is 6.00. The highest BCUT2D eigenvalue weighted by Gasteiger charge is 2.27. The Labute approximate surface area is 263 Å². The van der Waals surface area contributed by atoms with Gasteiger partial charge in [0, 0.05) is 50.6 Å². The number of benzene rings is 2. The molecule has 1 saturated heterocycles. The average Bonchev–Trinajstić information content (AvgIpc) is 3.00. The number of methoxy groups -OCH3 is 1. The SMILES string of the molecule is COc1ccc(CC(=O)Nc2cc(C(=O)NC(CC(=O)O)c3cccnc3)ccc2N2CCN(C(=O)CC(C)(C)C)CC2)cc1. The van der Waals surface area contributed by atoms with Crippen molar-refractivity contribution in [3.63, 3.8) is 0 Å². The number of carboxylic acids is 1. The van der Waals surface area contributed by atoms with Gasteiger partial charge in [-0.3, -0.25) is 24.2 Å². The summed E-state index contributed by atoms with van der Waals surface area (Å²) in [5.74, 6) is -1.01. The molecule has 11 nitrogen and oxygen atoms in total. The van der Waals surface area contributed by atoms with E-state index in [4.69, 9.17) is 4.74 Å². The first-order valence-electron chi connectivity index (χ1n) is 14.9. The number of hydrogen-bond donors (Lipinski definition) is 3. The molecule has 0 bridgehead atoms. The van der Waals surface area contributed by atoms with Gasteiger partial charge in [-0.2, -0.15) is 0 Å². The first-order valence-corrected chi connectivity index (χ1v) is 14.9. The number of rotatable bonds is 11. The van der Waals surface area contributed by atoms with Gasteiger partial charge in [0.15, 0.2) is 0 Å². The van der Waals surface area contributed by atoms with Crippen molar-refractivity contribution < 1.29 is 29.0 Å². The maximum atomic E-state index is 13.4. The van der Waals surface area contributed by atoms with Crippen molar-refractivity contribution in [3.8, 4) is 5.75 Å². The molecule has 3 N–H and O–H groups in total. The topological polar surface area (TPSA) is 141 Å². The van der Waals surface area contributed by atoms with Gasteiger partial charge in [-0.05, 0) is 52.9 Å². The Balaban J connectivity index is 1.56. The normalized spacial score (nSPS) is 14.0. The summed E-state index contributed by atoms with van der Waals surface area (Å²) in [6.07, 6.45) is 3.35. The maximum Gasteiger partial charge on any atom is 0.305 e. The number of pyridine rings is 1. The van der Waals surface area contributed by atoms with Crippen LogP contribution in [-0.4, -0.2) is 72.0 Å². The van der Waals surface area contributed by atoms with Crippen molar-refractivity contribution in [2.24, 2.45) is 5.41 Å². The molecule has 3 amide bonds. The number of amides is 3. The zero-order valence-corrected chi connectivity index (χ0v) is 26.2. The van der Waals surface area contributed by atoms with Crippen LogP contribution >= 0.6 is 0 Å². The van der Waals surface area contributed by atoms with E-state index in [1.807, 2.05) is 37.8 Å². The predicted molar refractivity (Wildman–Crippen MR) is 171 cm³/mol. The molecule has 1 unspecified atom stereocenters. The molecule has 1 atom stereocenters. The lowest BCUT2D eigenvalue weighted by Gasteiger charge is -2.38. The second kappa shape index (κ2) is 14.7. The molecular formula is C34H41N5O6. The van der Waals surface area contributed by atoms with Crippen molar-refractivity contribution in [2.75, 3.05) is 43.5 Å². The summed E-state index contributed by atoms with van der Waals surface area (Å²) in [4.78, 5) is 59.0. The van der Waals surface area contributed by atoms with Gasteiger partial charge in [0.25, 0.3) is 5.91 Å². The standard InChI is InChI=1S/C34H41N5O6/c1-34(2,3)21-31(41)39-16-14-38(15-17-39)29-12-9-24(33(44)37-27(20-32(42)43)25-6-5-13-35-22-25)19-28(29)36-30(40)18-23-7-10-26(45-4)11-8-23/h5-13,19,22,27H,14-18,20-21H2,1-4H3,(H,36,40)(H,37,44)(H,42,43). The number of carboxylic acid groups (broad SMARTS) is 1. The molecule has 0 radical (unpaired) electrons. The van der Waals surface area contributed by atoms with Crippen LogP contribution in [0.1, 0.15) is 61.1 Å². The number of ether oxygens (including phenoxy) is 1. The Morgan fingerprint density at radius 2 is 1.71 bits per heavy atom. The number of aliphatic carboxylic acids is 1. The van der Waals surface area contributed by atoms with Crippen molar-refractivity contribution in [3.05, 3.63) is 83.7 Å². The summed E-state index contributed by atoms with van der Waals surface area (Å²) in [5.41, 5.74) is 2.70. The smallest absolute Gasteiger partial charge is 0.305 e. The fourth-order valence-corrected chi connectivity index (χ4v) is 5.19. The minimum Gasteiger partial charge on any atom is -0.497 e. The van der Waals surface area contributed by atoms with Crippen LogP contribution in [0, 0.1) is 5.41 Å². The van der Waals surface area contributed by atoms with E-state index in [1.165, 1.54) is 6.20 Å². The lowest BCUT2D eigenvalue weighted by molar-refractivity contribution is -0.137. The number of aromatic nitrogens is 1. The fraction of sp³-hybridized carbons (Fsp3) is 0.382. The molecule has 238 valence electrons. The Bertz CT molecular complexity index is 1500. The molecule has 4 rings (SSSR count). The van der Waals surface area contributed by atoms with Crippen molar-refractivity contribution in [2.45, 2.75) is 46.1 Å². The highest BCUT2D eigenvalue weighted by atomic mass is 16.5. The quantitative estimate of drug-likeness (QED) is 0.290. The van der Waals surface area contributed by atoms with Crippen LogP contribution in [0.2, 0.25) is 0 Å². The van der Waals surface area contributed by atoms with E-state index < -0.39 is 17.9 Å². The van der Waals surface area contributed by atoms with E-state index in [9.17, 15) is 24.3 Å². The largest absolute Gasteiger partial charge is 0.497 e. The third-order valence-electron chi connectivity index (χ3n) is 7.48. The summed E-state index contributed by atoms with van der Waals surface area (Å²) in [6, 6.07) is 14.8. The lowest BCUT2D eigenvalue weighted by atomic mass is 9.91. The van der Waals surface area contributed by atoms with Gasteiger partial charge in [0.1, 0.15) is 5.75 Å².